The van der Waals surface area contributed by atoms with Gasteiger partial charge in [0.1, 0.15) is 0 Å². The molecule has 0 amide bonds. The Bertz CT molecular complexity index is 370. The highest BCUT2D eigenvalue weighted by Crippen LogP contribution is 2.28. The van der Waals surface area contributed by atoms with Gasteiger partial charge in [0, 0.05) is 0 Å². The zero-order valence-corrected chi connectivity index (χ0v) is 10.6. The summed E-state index contributed by atoms with van der Waals surface area (Å²) in [6, 6.07) is 5.71. The minimum absolute atomic E-state index is 0.447. The summed E-state index contributed by atoms with van der Waals surface area (Å²) >= 11 is 0. The Morgan fingerprint density at radius 1 is 1.35 bits per heavy atom. The lowest BCUT2D eigenvalue weighted by Gasteiger charge is -2.10. The molecule has 0 saturated carbocycles. The van der Waals surface area contributed by atoms with Crippen LogP contribution < -0.4 is 9.47 Å². The summed E-state index contributed by atoms with van der Waals surface area (Å²) in [5, 5.41) is 9.17. The molecule has 1 aromatic carbocycles. The molecular weight excluding hydrogens is 216 g/mol. The van der Waals surface area contributed by atoms with Crippen LogP contribution >= 0.6 is 0 Å². The van der Waals surface area contributed by atoms with Crippen LogP contribution in [0.5, 0.6) is 11.5 Å². The Kier molecular flexibility index (Phi) is 5.57. The van der Waals surface area contributed by atoms with Gasteiger partial charge in [-0.25, -0.2) is 0 Å². The average Bonchev–Trinajstić information content (AvgIpc) is 2.34. The largest absolute Gasteiger partial charge is 0.493 e. The highest BCUT2D eigenvalue weighted by Gasteiger charge is 2.04. The number of aliphatic hydroxyl groups is 1. The third-order valence-electron chi connectivity index (χ3n) is 2.22. The van der Waals surface area contributed by atoms with E-state index < -0.39 is 6.10 Å². The monoisotopic (exact) mass is 236 g/mol. The van der Waals surface area contributed by atoms with Crippen LogP contribution in [-0.4, -0.2) is 24.9 Å². The SMILES string of the molecule is CCCOc1ccc(/C=C/C(C)O)cc1OC. The van der Waals surface area contributed by atoms with Gasteiger partial charge >= 0.3 is 0 Å². The number of ether oxygens (including phenoxy) is 2. The summed E-state index contributed by atoms with van der Waals surface area (Å²) in [6.07, 6.45) is 4.10. The van der Waals surface area contributed by atoms with Crippen molar-refractivity contribution in [1.82, 2.24) is 0 Å². The molecule has 0 aromatic heterocycles. The second-order valence-electron chi connectivity index (χ2n) is 3.86. The lowest BCUT2D eigenvalue weighted by Crippen LogP contribution is -1.98. The Hall–Kier alpha value is -1.48. The predicted octanol–water partition coefficient (Wildman–Crippen LogP) is 2.88. The summed E-state index contributed by atoms with van der Waals surface area (Å²) in [5.41, 5.74) is 0.978. The fraction of sp³-hybridized carbons (Fsp3) is 0.429. The minimum Gasteiger partial charge on any atom is -0.493 e. The van der Waals surface area contributed by atoms with Gasteiger partial charge in [-0.3, -0.25) is 0 Å². The van der Waals surface area contributed by atoms with E-state index in [1.165, 1.54) is 0 Å². The number of benzene rings is 1. The number of hydrogen-bond acceptors (Lipinski definition) is 3. The van der Waals surface area contributed by atoms with Crippen LogP contribution in [0.2, 0.25) is 0 Å². The first-order valence-corrected chi connectivity index (χ1v) is 5.84. The van der Waals surface area contributed by atoms with Gasteiger partial charge in [-0.15, -0.1) is 0 Å². The summed E-state index contributed by atoms with van der Waals surface area (Å²) in [4.78, 5) is 0. The average molecular weight is 236 g/mol. The molecular formula is C14H20O3. The standard InChI is InChI=1S/C14H20O3/c1-4-9-17-13-8-7-12(6-5-11(2)15)10-14(13)16-3/h5-8,10-11,15H,4,9H2,1-3H3/b6-5+. The van der Waals surface area contributed by atoms with E-state index in [1.54, 1.807) is 20.1 Å². The lowest BCUT2D eigenvalue weighted by molar-refractivity contribution is 0.245. The van der Waals surface area contributed by atoms with Crippen molar-refractivity contribution in [2.75, 3.05) is 13.7 Å². The Balaban J connectivity index is 2.84. The molecule has 94 valence electrons. The van der Waals surface area contributed by atoms with Crippen molar-refractivity contribution in [2.24, 2.45) is 0 Å². The fourth-order valence-corrected chi connectivity index (χ4v) is 1.37. The molecule has 0 radical (unpaired) electrons. The summed E-state index contributed by atoms with van der Waals surface area (Å²) < 4.78 is 10.8. The smallest absolute Gasteiger partial charge is 0.161 e. The zero-order valence-electron chi connectivity index (χ0n) is 10.6. The van der Waals surface area contributed by atoms with Crippen molar-refractivity contribution >= 4 is 6.08 Å². The summed E-state index contributed by atoms with van der Waals surface area (Å²) in [5.74, 6) is 1.47. The van der Waals surface area contributed by atoms with Crippen molar-refractivity contribution < 1.29 is 14.6 Å². The van der Waals surface area contributed by atoms with Gasteiger partial charge in [0.2, 0.25) is 0 Å². The van der Waals surface area contributed by atoms with Crippen LogP contribution in [0.1, 0.15) is 25.8 Å². The summed E-state index contributed by atoms with van der Waals surface area (Å²) in [6.45, 7) is 4.46. The molecule has 0 heterocycles. The molecule has 0 aliphatic carbocycles. The summed E-state index contributed by atoms with van der Waals surface area (Å²) in [7, 11) is 1.62. The van der Waals surface area contributed by atoms with Crippen LogP contribution in [-0.2, 0) is 0 Å². The van der Waals surface area contributed by atoms with Crippen molar-refractivity contribution in [1.29, 1.82) is 0 Å². The molecule has 1 N–H and O–H groups in total. The van der Waals surface area contributed by atoms with Crippen LogP contribution in [0.4, 0.5) is 0 Å². The first-order valence-electron chi connectivity index (χ1n) is 5.84. The molecule has 0 spiro atoms. The number of hydrogen-bond donors (Lipinski definition) is 1. The van der Waals surface area contributed by atoms with Crippen LogP contribution in [0.3, 0.4) is 0 Å². The second-order valence-corrected chi connectivity index (χ2v) is 3.86. The highest BCUT2D eigenvalue weighted by molar-refractivity contribution is 5.56. The first kappa shape index (κ1) is 13.6. The first-order chi connectivity index (χ1) is 8.17. The topological polar surface area (TPSA) is 38.7 Å². The van der Waals surface area contributed by atoms with Gasteiger partial charge in [0.15, 0.2) is 11.5 Å². The van der Waals surface area contributed by atoms with Crippen molar-refractivity contribution in [3.8, 4) is 11.5 Å². The van der Waals surface area contributed by atoms with Gasteiger partial charge in [-0.1, -0.05) is 25.1 Å². The van der Waals surface area contributed by atoms with Gasteiger partial charge in [-0.05, 0) is 31.0 Å². The third-order valence-corrected chi connectivity index (χ3v) is 2.22. The highest BCUT2D eigenvalue weighted by atomic mass is 16.5. The Morgan fingerprint density at radius 3 is 2.71 bits per heavy atom. The van der Waals surface area contributed by atoms with Crippen LogP contribution in [0.25, 0.3) is 6.08 Å². The van der Waals surface area contributed by atoms with E-state index in [2.05, 4.69) is 6.92 Å². The molecule has 0 saturated heterocycles. The van der Waals surface area contributed by atoms with E-state index in [4.69, 9.17) is 14.6 Å². The van der Waals surface area contributed by atoms with Gasteiger partial charge in [0.05, 0.1) is 19.8 Å². The molecule has 3 heteroatoms. The molecule has 0 bridgehead atoms. The maximum atomic E-state index is 9.17. The molecule has 1 rings (SSSR count). The molecule has 0 fully saturated rings. The predicted molar refractivity (Wildman–Crippen MR) is 69.5 cm³/mol. The van der Waals surface area contributed by atoms with Crippen molar-refractivity contribution in [2.45, 2.75) is 26.4 Å². The Morgan fingerprint density at radius 2 is 2.12 bits per heavy atom. The van der Waals surface area contributed by atoms with E-state index in [9.17, 15) is 0 Å². The quantitative estimate of drug-likeness (QED) is 0.825. The van der Waals surface area contributed by atoms with Gasteiger partial charge in [-0.2, -0.15) is 0 Å². The second kappa shape index (κ2) is 6.97. The molecule has 17 heavy (non-hydrogen) atoms. The molecule has 3 nitrogen and oxygen atoms in total. The molecule has 0 aliphatic rings. The maximum absolute atomic E-state index is 9.17. The van der Waals surface area contributed by atoms with E-state index >= 15 is 0 Å². The van der Waals surface area contributed by atoms with Crippen LogP contribution in [0, 0.1) is 0 Å². The van der Waals surface area contributed by atoms with E-state index in [1.807, 2.05) is 24.3 Å². The van der Waals surface area contributed by atoms with E-state index in [0.717, 1.165) is 17.7 Å². The normalized spacial score (nSPS) is 12.7. The third kappa shape index (κ3) is 4.49. The number of rotatable bonds is 6. The van der Waals surface area contributed by atoms with E-state index in [-0.39, 0.29) is 0 Å². The fourth-order valence-electron chi connectivity index (χ4n) is 1.37. The van der Waals surface area contributed by atoms with Crippen molar-refractivity contribution in [3.63, 3.8) is 0 Å². The molecule has 1 aromatic rings. The minimum atomic E-state index is -0.447. The number of methoxy groups -OCH3 is 1. The van der Waals surface area contributed by atoms with Gasteiger partial charge < -0.3 is 14.6 Å². The van der Waals surface area contributed by atoms with E-state index in [0.29, 0.717) is 12.4 Å². The lowest BCUT2D eigenvalue weighted by atomic mass is 10.1. The Labute approximate surface area is 103 Å². The zero-order chi connectivity index (χ0) is 12.7. The molecule has 1 unspecified atom stereocenters. The van der Waals surface area contributed by atoms with Crippen molar-refractivity contribution in [3.05, 3.63) is 29.8 Å². The molecule has 0 aliphatic heterocycles. The molecule has 1 atom stereocenters. The van der Waals surface area contributed by atoms with Gasteiger partial charge in [0.25, 0.3) is 0 Å². The van der Waals surface area contributed by atoms with Crippen LogP contribution in [0.15, 0.2) is 24.3 Å². The number of aliphatic hydroxyl groups excluding tert-OH is 1. The maximum Gasteiger partial charge on any atom is 0.161 e.